The van der Waals surface area contributed by atoms with E-state index in [9.17, 15) is 0 Å². The van der Waals surface area contributed by atoms with Gasteiger partial charge >= 0.3 is 0 Å². The molecule has 1 atom stereocenters. The first-order valence-corrected chi connectivity index (χ1v) is 4.53. The van der Waals surface area contributed by atoms with Gasteiger partial charge in [0, 0.05) is 19.2 Å². The van der Waals surface area contributed by atoms with Crippen LogP contribution in [-0.2, 0) is 4.74 Å². The lowest BCUT2D eigenvalue weighted by molar-refractivity contribution is 0.179. The Kier molecular flexibility index (Phi) is 6.02. The summed E-state index contributed by atoms with van der Waals surface area (Å²) in [5.74, 6) is 0. The molecule has 0 spiro atoms. The van der Waals surface area contributed by atoms with Gasteiger partial charge < -0.3 is 15.4 Å². The lowest BCUT2D eigenvalue weighted by Gasteiger charge is -2.17. The molecule has 3 nitrogen and oxygen atoms in total. The monoisotopic (exact) mass is 190 g/mol. The summed E-state index contributed by atoms with van der Waals surface area (Å²) in [6.07, 6.45) is 0. The molecule has 0 aliphatic heterocycles. The Morgan fingerprint density at radius 3 is 2.33 bits per heavy atom. The van der Waals surface area contributed by atoms with Crippen LogP contribution in [0.25, 0.3) is 0 Å². The predicted octanol–water partition coefficient (Wildman–Crippen LogP) is 0.894. The quantitative estimate of drug-likeness (QED) is 0.645. The van der Waals surface area contributed by atoms with Crippen LogP contribution in [-0.4, -0.2) is 30.9 Å². The number of hydrogen-bond acceptors (Lipinski definition) is 2. The van der Waals surface area contributed by atoms with E-state index in [1.807, 2.05) is 6.92 Å². The van der Waals surface area contributed by atoms with Crippen molar-refractivity contribution in [2.45, 2.75) is 32.9 Å². The molecule has 0 aromatic rings. The number of nitrogens with one attached hydrogen (secondary N) is 2. The minimum atomic E-state index is 0.258. The summed E-state index contributed by atoms with van der Waals surface area (Å²) < 4.78 is 4.96. The normalized spacial score (nSPS) is 12.8. The molecule has 0 saturated heterocycles. The molecular weight excluding hydrogens is 172 g/mol. The summed E-state index contributed by atoms with van der Waals surface area (Å²) in [7, 11) is 1.68. The Hall–Kier alpha value is -0.350. The van der Waals surface area contributed by atoms with E-state index in [4.69, 9.17) is 17.0 Å². The van der Waals surface area contributed by atoms with Crippen LogP contribution in [0.1, 0.15) is 20.8 Å². The molecule has 0 bridgehead atoms. The molecule has 0 fully saturated rings. The lowest BCUT2D eigenvalue weighted by atomic mass is 10.3. The zero-order chi connectivity index (χ0) is 9.56. The Bertz CT molecular complexity index is 139. The van der Waals surface area contributed by atoms with Gasteiger partial charge in [-0.1, -0.05) is 0 Å². The largest absolute Gasteiger partial charge is 0.383 e. The number of methoxy groups -OCH3 is 1. The van der Waals surface area contributed by atoms with E-state index in [1.54, 1.807) is 7.11 Å². The van der Waals surface area contributed by atoms with E-state index >= 15 is 0 Å². The lowest BCUT2D eigenvalue weighted by Crippen LogP contribution is -2.44. The van der Waals surface area contributed by atoms with Crippen molar-refractivity contribution in [1.29, 1.82) is 0 Å². The Morgan fingerprint density at radius 2 is 1.92 bits per heavy atom. The van der Waals surface area contributed by atoms with E-state index < -0.39 is 0 Å². The Morgan fingerprint density at radius 1 is 1.33 bits per heavy atom. The van der Waals surface area contributed by atoms with Gasteiger partial charge in [-0.25, -0.2) is 0 Å². The summed E-state index contributed by atoms with van der Waals surface area (Å²) in [6.45, 7) is 6.79. The second kappa shape index (κ2) is 6.20. The molecule has 0 saturated carbocycles. The maximum atomic E-state index is 5.04. The number of rotatable bonds is 4. The fourth-order valence-corrected chi connectivity index (χ4v) is 1.26. The second-order valence-electron chi connectivity index (χ2n) is 3.13. The maximum absolute atomic E-state index is 5.04. The maximum Gasteiger partial charge on any atom is 0.166 e. The number of ether oxygens (including phenoxy) is 1. The van der Waals surface area contributed by atoms with Gasteiger partial charge in [0.2, 0.25) is 0 Å². The zero-order valence-corrected chi connectivity index (χ0v) is 8.99. The topological polar surface area (TPSA) is 33.3 Å². The van der Waals surface area contributed by atoms with Crippen LogP contribution in [0.5, 0.6) is 0 Å². The van der Waals surface area contributed by atoms with Crippen LogP contribution in [0.4, 0.5) is 0 Å². The smallest absolute Gasteiger partial charge is 0.166 e. The first-order chi connectivity index (χ1) is 5.56. The SMILES string of the molecule is COCC(C)NC(=S)NC(C)C. The number of thiocarbonyl (C=S) groups is 1. The van der Waals surface area contributed by atoms with E-state index in [2.05, 4.69) is 24.5 Å². The van der Waals surface area contributed by atoms with Crippen molar-refractivity contribution in [1.82, 2.24) is 10.6 Å². The molecule has 4 heteroatoms. The van der Waals surface area contributed by atoms with Gasteiger partial charge in [0.1, 0.15) is 0 Å². The van der Waals surface area contributed by atoms with E-state index in [0.717, 1.165) is 0 Å². The highest BCUT2D eigenvalue weighted by Crippen LogP contribution is 1.83. The molecule has 0 aromatic carbocycles. The first-order valence-electron chi connectivity index (χ1n) is 4.12. The standard InChI is InChI=1S/C8H18N2OS/c1-6(2)9-8(12)10-7(3)5-11-4/h6-7H,5H2,1-4H3,(H2,9,10,12). The van der Waals surface area contributed by atoms with Crippen molar-refractivity contribution in [3.8, 4) is 0 Å². The average molecular weight is 190 g/mol. The predicted molar refractivity (Wildman–Crippen MR) is 55.3 cm³/mol. The molecule has 72 valence electrons. The molecule has 0 aromatic heterocycles. The summed E-state index contributed by atoms with van der Waals surface area (Å²) >= 11 is 5.04. The van der Waals surface area contributed by atoms with Crippen LogP contribution < -0.4 is 10.6 Å². The summed E-state index contributed by atoms with van der Waals surface area (Å²) in [5, 5.41) is 6.89. The molecule has 2 N–H and O–H groups in total. The van der Waals surface area contributed by atoms with E-state index in [0.29, 0.717) is 17.8 Å². The van der Waals surface area contributed by atoms with Crippen molar-refractivity contribution < 1.29 is 4.74 Å². The average Bonchev–Trinajstić information content (AvgIpc) is 1.84. The Balaban J connectivity index is 3.54. The minimum Gasteiger partial charge on any atom is -0.383 e. The number of hydrogen-bond donors (Lipinski definition) is 2. The van der Waals surface area contributed by atoms with Crippen molar-refractivity contribution in [3.05, 3.63) is 0 Å². The fourth-order valence-electron chi connectivity index (χ4n) is 0.819. The zero-order valence-electron chi connectivity index (χ0n) is 8.18. The van der Waals surface area contributed by atoms with Gasteiger partial charge in [-0.05, 0) is 33.0 Å². The minimum absolute atomic E-state index is 0.258. The first kappa shape index (κ1) is 11.6. The van der Waals surface area contributed by atoms with Crippen LogP contribution >= 0.6 is 12.2 Å². The van der Waals surface area contributed by atoms with Gasteiger partial charge in [0.25, 0.3) is 0 Å². The highest BCUT2D eigenvalue weighted by Gasteiger charge is 2.03. The van der Waals surface area contributed by atoms with Crippen molar-refractivity contribution >= 4 is 17.3 Å². The molecule has 1 unspecified atom stereocenters. The van der Waals surface area contributed by atoms with Gasteiger partial charge in [-0.15, -0.1) is 0 Å². The highest BCUT2D eigenvalue weighted by molar-refractivity contribution is 7.80. The molecule has 0 heterocycles. The van der Waals surface area contributed by atoms with Crippen LogP contribution in [0.2, 0.25) is 0 Å². The summed E-state index contributed by atoms with van der Waals surface area (Å²) in [6, 6.07) is 0.633. The van der Waals surface area contributed by atoms with E-state index in [-0.39, 0.29) is 6.04 Å². The second-order valence-corrected chi connectivity index (χ2v) is 3.54. The van der Waals surface area contributed by atoms with E-state index in [1.165, 1.54) is 0 Å². The van der Waals surface area contributed by atoms with Gasteiger partial charge in [0.05, 0.1) is 6.61 Å². The summed E-state index contributed by atoms with van der Waals surface area (Å²) in [5.41, 5.74) is 0. The molecule has 0 aliphatic carbocycles. The fraction of sp³-hybridized carbons (Fsp3) is 0.875. The highest BCUT2D eigenvalue weighted by atomic mass is 32.1. The van der Waals surface area contributed by atoms with Crippen LogP contribution in [0, 0.1) is 0 Å². The van der Waals surface area contributed by atoms with Crippen molar-refractivity contribution in [3.63, 3.8) is 0 Å². The van der Waals surface area contributed by atoms with Crippen molar-refractivity contribution in [2.75, 3.05) is 13.7 Å². The molecule has 12 heavy (non-hydrogen) atoms. The van der Waals surface area contributed by atoms with Gasteiger partial charge in [-0.2, -0.15) is 0 Å². The molecule has 0 aliphatic rings. The summed E-state index contributed by atoms with van der Waals surface area (Å²) in [4.78, 5) is 0. The molecule has 0 amide bonds. The van der Waals surface area contributed by atoms with Gasteiger partial charge in [-0.3, -0.25) is 0 Å². The van der Waals surface area contributed by atoms with Crippen molar-refractivity contribution in [2.24, 2.45) is 0 Å². The van der Waals surface area contributed by atoms with Crippen LogP contribution in [0.3, 0.4) is 0 Å². The third-order valence-corrected chi connectivity index (χ3v) is 1.45. The Labute approximate surface area is 79.9 Å². The third kappa shape index (κ3) is 6.37. The molecule has 0 rings (SSSR count). The molecule has 0 radical (unpaired) electrons. The van der Waals surface area contributed by atoms with Crippen LogP contribution in [0.15, 0.2) is 0 Å². The van der Waals surface area contributed by atoms with Gasteiger partial charge in [0.15, 0.2) is 5.11 Å². The third-order valence-electron chi connectivity index (χ3n) is 1.21. The molecular formula is C8H18N2OS.